The summed E-state index contributed by atoms with van der Waals surface area (Å²) in [6, 6.07) is 3.95. The molecule has 0 radical (unpaired) electrons. The average molecular weight is 304 g/mol. The van der Waals surface area contributed by atoms with E-state index in [1.165, 1.54) is 18.5 Å². The molecular weight excluding hydrogens is 290 g/mol. The Morgan fingerprint density at radius 3 is 2.41 bits per heavy atom. The number of carbonyl (C=O) groups is 1. The zero-order chi connectivity index (χ0) is 15.7. The van der Waals surface area contributed by atoms with Crippen LogP contribution in [0.1, 0.15) is 34.6 Å². The van der Waals surface area contributed by atoms with Gasteiger partial charge in [-0.3, -0.25) is 4.79 Å². The summed E-state index contributed by atoms with van der Waals surface area (Å²) in [5, 5.41) is 8.78. The van der Waals surface area contributed by atoms with Crippen molar-refractivity contribution < 1.29 is 18.7 Å². The number of aliphatic hydroxyl groups excluding tert-OH is 1. The van der Waals surface area contributed by atoms with Gasteiger partial charge in [0.15, 0.2) is 17.4 Å². The van der Waals surface area contributed by atoms with Crippen LogP contribution in [0.15, 0.2) is 30.6 Å². The topological polar surface area (TPSA) is 63.1 Å². The molecule has 4 nitrogen and oxygen atoms in total. The van der Waals surface area contributed by atoms with E-state index in [-0.39, 0.29) is 11.0 Å². The third-order valence-corrected chi connectivity index (χ3v) is 4.05. The van der Waals surface area contributed by atoms with Crippen LogP contribution in [-0.2, 0) is 11.8 Å². The van der Waals surface area contributed by atoms with Crippen molar-refractivity contribution in [2.75, 3.05) is 6.61 Å². The van der Waals surface area contributed by atoms with Crippen molar-refractivity contribution in [1.29, 1.82) is 0 Å². The quantitative estimate of drug-likeness (QED) is 0.860. The van der Waals surface area contributed by atoms with Crippen molar-refractivity contribution in [3.8, 4) is 0 Å². The highest BCUT2D eigenvalue weighted by Gasteiger charge is 2.45. The molecule has 1 aromatic heterocycles. The van der Waals surface area contributed by atoms with E-state index in [4.69, 9.17) is 5.11 Å². The van der Waals surface area contributed by atoms with Gasteiger partial charge >= 0.3 is 0 Å². The molecule has 3 rings (SSSR count). The van der Waals surface area contributed by atoms with Gasteiger partial charge in [0.1, 0.15) is 12.4 Å². The van der Waals surface area contributed by atoms with E-state index in [1.54, 1.807) is 6.07 Å². The smallest absolute Gasteiger partial charge is 0.191 e. The summed E-state index contributed by atoms with van der Waals surface area (Å²) in [4.78, 5) is 19.6. The fraction of sp³-hybridized carbons (Fsp3) is 0.312. The molecule has 6 heteroatoms. The molecule has 1 aromatic carbocycles. The Balaban J connectivity index is 1.80. The van der Waals surface area contributed by atoms with E-state index in [2.05, 4.69) is 9.97 Å². The number of aromatic nitrogens is 2. The van der Waals surface area contributed by atoms with Gasteiger partial charge in [0, 0.05) is 24.2 Å². The van der Waals surface area contributed by atoms with E-state index in [1.807, 2.05) is 0 Å². The minimum atomic E-state index is -0.859. The summed E-state index contributed by atoms with van der Waals surface area (Å²) in [6.07, 6.45) is 4.98. The Bertz CT molecular complexity index is 713. The number of nitrogens with zero attached hydrogens (tertiary/aromatic N) is 2. The summed E-state index contributed by atoms with van der Waals surface area (Å²) in [6.45, 7) is -0.582. The molecular formula is C16H14F2N2O2. The van der Waals surface area contributed by atoms with E-state index in [0.29, 0.717) is 12.2 Å². The molecule has 1 aliphatic rings. The Labute approximate surface area is 125 Å². The molecule has 2 aromatic rings. The van der Waals surface area contributed by atoms with Crippen LogP contribution in [0, 0.1) is 11.6 Å². The van der Waals surface area contributed by atoms with Crippen molar-refractivity contribution in [2.24, 2.45) is 0 Å². The summed E-state index contributed by atoms with van der Waals surface area (Å²) in [5.74, 6) is -1.61. The zero-order valence-corrected chi connectivity index (χ0v) is 11.7. The molecule has 1 aliphatic carbocycles. The maximum Gasteiger partial charge on any atom is 0.191 e. The number of Topliss-reactive ketones (excluding diaryl/α,β-unsaturated/α-hetero) is 1. The minimum absolute atomic E-state index is 0.253. The van der Waals surface area contributed by atoms with Gasteiger partial charge < -0.3 is 5.11 Å². The lowest BCUT2D eigenvalue weighted by Crippen LogP contribution is -2.14. The van der Waals surface area contributed by atoms with Gasteiger partial charge in [-0.2, -0.15) is 0 Å². The molecule has 0 bridgehead atoms. The molecule has 1 N–H and O–H groups in total. The lowest BCUT2D eigenvalue weighted by molar-refractivity contribution is 0.0903. The van der Waals surface area contributed by atoms with Gasteiger partial charge in [0.25, 0.3) is 0 Å². The number of carbonyl (C=O) groups excluding carboxylic acids is 1. The first-order valence-corrected chi connectivity index (χ1v) is 6.95. The third kappa shape index (κ3) is 2.74. The lowest BCUT2D eigenvalue weighted by atomic mass is 9.92. The van der Waals surface area contributed by atoms with Crippen molar-refractivity contribution in [1.82, 2.24) is 9.97 Å². The summed E-state index contributed by atoms with van der Waals surface area (Å²) in [7, 11) is 0. The Kier molecular flexibility index (Phi) is 3.70. The predicted octanol–water partition coefficient (Wildman–Crippen LogP) is 2.20. The molecule has 1 heterocycles. The van der Waals surface area contributed by atoms with Gasteiger partial charge in [-0.1, -0.05) is 6.07 Å². The van der Waals surface area contributed by atoms with Crippen LogP contribution < -0.4 is 0 Å². The van der Waals surface area contributed by atoms with Crippen molar-refractivity contribution in [3.63, 3.8) is 0 Å². The monoisotopic (exact) mass is 304 g/mol. The molecule has 0 amide bonds. The first-order valence-electron chi connectivity index (χ1n) is 6.95. The first kappa shape index (κ1) is 14.7. The van der Waals surface area contributed by atoms with Crippen LogP contribution in [0.4, 0.5) is 8.78 Å². The number of hydrogen-bond donors (Lipinski definition) is 1. The SMILES string of the molecule is O=C(CO)c1cnc(CC2(c3ccc(F)c(F)c3)CC2)nc1. The molecule has 0 aliphatic heterocycles. The number of benzene rings is 1. The summed E-state index contributed by atoms with van der Waals surface area (Å²) < 4.78 is 26.4. The molecule has 0 unspecified atom stereocenters. The van der Waals surface area contributed by atoms with Crippen LogP contribution in [-0.4, -0.2) is 27.5 Å². The fourth-order valence-electron chi connectivity index (χ4n) is 2.53. The maximum absolute atomic E-state index is 13.4. The molecule has 1 fully saturated rings. The number of hydrogen-bond acceptors (Lipinski definition) is 4. The molecule has 0 saturated heterocycles. The van der Waals surface area contributed by atoms with E-state index in [0.717, 1.165) is 24.5 Å². The second-order valence-electron chi connectivity index (χ2n) is 5.56. The summed E-state index contributed by atoms with van der Waals surface area (Å²) in [5.41, 5.74) is 0.742. The van der Waals surface area contributed by atoms with E-state index >= 15 is 0 Å². The number of halogens is 2. The van der Waals surface area contributed by atoms with Crippen LogP contribution >= 0.6 is 0 Å². The highest BCUT2D eigenvalue weighted by atomic mass is 19.2. The minimum Gasteiger partial charge on any atom is -0.388 e. The van der Waals surface area contributed by atoms with Gasteiger partial charge in [0.05, 0.1) is 5.56 Å². The van der Waals surface area contributed by atoms with Crippen molar-refractivity contribution >= 4 is 5.78 Å². The van der Waals surface area contributed by atoms with Gasteiger partial charge in [-0.05, 0) is 30.5 Å². The Morgan fingerprint density at radius 1 is 1.18 bits per heavy atom. The van der Waals surface area contributed by atoms with Crippen LogP contribution in [0.2, 0.25) is 0 Å². The summed E-state index contributed by atoms with van der Waals surface area (Å²) >= 11 is 0. The second-order valence-corrected chi connectivity index (χ2v) is 5.56. The standard InChI is InChI=1S/C16H14F2N2O2/c17-12-2-1-11(5-13(12)18)16(3-4-16)6-15-19-7-10(8-20-15)14(22)9-21/h1-2,5,7-8,21H,3-4,6,9H2. The van der Waals surface area contributed by atoms with Gasteiger partial charge in [-0.15, -0.1) is 0 Å². The van der Waals surface area contributed by atoms with Crippen LogP contribution in [0.3, 0.4) is 0 Å². The Morgan fingerprint density at radius 2 is 1.86 bits per heavy atom. The van der Waals surface area contributed by atoms with Crippen LogP contribution in [0.5, 0.6) is 0 Å². The highest BCUT2D eigenvalue weighted by molar-refractivity contribution is 5.96. The van der Waals surface area contributed by atoms with Crippen molar-refractivity contribution in [2.45, 2.75) is 24.7 Å². The fourth-order valence-corrected chi connectivity index (χ4v) is 2.53. The zero-order valence-electron chi connectivity index (χ0n) is 11.7. The van der Waals surface area contributed by atoms with Crippen LogP contribution in [0.25, 0.3) is 0 Å². The second kappa shape index (κ2) is 5.53. The Hall–Kier alpha value is -2.21. The highest BCUT2D eigenvalue weighted by Crippen LogP contribution is 2.50. The first-order chi connectivity index (χ1) is 10.5. The van der Waals surface area contributed by atoms with Gasteiger partial charge in [0.2, 0.25) is 0 Å². The van der Waals surface area contributed by atoms with Crippen molar-refractivity contribution in [3.05, 3.63) is 59.2 Å². The van der Waals surface area contributed by atoms with E-state index in [9.17, 15) is 13.6 Å². The normalized spacial score (nSPS) is 15.6. The number of ketones is 1. The average Bonchev–Trinajstić information content (AvgIpc) is 3.30. The predicted molar refractivity (Wildman–Crippen MR) is 74.4 cm³/mol. The largest absolute Gasteiger partial charge is 0.388 e. The molecule has 0 atom stereocenters. The molecule has 114 valence electrons. The molecule has 22 heavy (non-hydrogen) atoms. The lowest BCUT2D eigenvalue weighted by Gasteiger charge is -2.15. The molecule has 0 spiro atoms. The third-order valence-electron chi connectivity index (χ3n) is 4.05. The molecule has 1 saturated carbocycles. The van der Waals surface area contributed by atoms with E-state index < -0.39 is 24.0 Å². The van der Waals surface area contributed by atoms with Gasteiger partial charge in [-0.25, -0.2) is 18.7 Å². The maximum atomic E-state index is 13.4. The number of aliphatic hydroxyl groups is 1. The number of rotatable bonds is 5.